The van der Waals surface area contributed by atoms with E-state index in [1.807, 2.05) is 0 Å². The highest BCUT2D eigenvalue weighted by Gasteiger charge is 2.09. The molecule has 1 aromatic heterocycles. The zero-order valence-corrected chi connectivity index (χ0v) is 11.4. The maximum Gasteiger partial charge on any atom is 0.255 e. The van der Waals surface area contributed by atoms with Gasteiger partial charge in [0, 0.05) is 22.0 Å². The quantitative estimate of drug-likeness (QED) is 0.849. The van der Waals surface area contributed by atoms with Gasteiger partial charge in [-0.3, -0.25) is 4.79 Å². The SMILES string of the molecule is Cc1cc(C(=O)Nc2cc(F)cc(Cl)c2)cc(Cl)n1. The molecule has 0 atom stereocenters. The lowest BCUT2D eigenvalue weighted by Crippen LogP contribution is -2.12. The fraction of sp³-hybridized carbons (Fsp3) is 0.0769. The van der Waals surface area contributed by atoms with Crippen molar-refractivity contribution in [3.8, 4) is 0 Å². The molecule has 0 aliphatic heterocycles. The second-order valence-corrected chi connectivity index (χ2v) is 4.76. The third-order valence-corrected chi connectivity index (χ3v) is 2.72. The normalized spacial score (nSPS) is 10.3. The first-order valence-electron chi connectivity index (χ1n) is 5.36. The Morgan fingerprint density at radius 1 is 1.21 bits per heavy atom. The molecule has 98 valence electrons. The Labute approximate surface area is 119 Å². The van der Waals surface area contributed by atoms with Crippen LogP contribution in [0, 0.1) is 12.7 Å². The monoisotopic (exact) mass is 298 g/mol. The van der Waals surface area contributed by atoms with Crippen molar-refractivity contribution in [3.05, 3.63) is 57.6 Å². The smallest absolute Gasteiger partial charge is 0.255 e. The van der Waals surface area contributed by atoms with Crippen LogP contribution in [-0.2, 0) is 0 Å². The molecule has 0 unspecified atom stereocenters. The predicted molar refractivity (Wildman–Crippen MR) is 73.3 cm³/mol. The lowest BCUT2D eigenvalue weighted by molar-refractivity contribution is 0.102. The summed E-state index contributed by atoms with van der Waals surface area (Å²) in [6.07, 6.45) is 0. The van der Waals surface area contributed by atoms with E-state index in [9.17, 15) is 9.18 Å². The molecule has 1 heterocycles. The molecule has 2 rings (SSSR count). The number of carbonyl (C=O) groups is 1. The second kappa shape index (κ2) is 5.55. The first kappa shape index (κ1) is 13.8. The maximum atomic E-state index is 13.1. The minimum absolute atomic E-state index is 0.208. The van der Waals surface area contributed by atoms with Crippen molar-refractivity contribution in [1.82, 2.24) is 4.98 Å². The number of benzene rings is 1. The highest BCUT2D eigenvalue weighted by Crippen LogP contribution is 2.19. The standard InChI is InChI=1S/C13H9Cl2FN2O/c1-7-2-8(3-12(15)17-7)13(19)18-11-5-9(14)4-10(16)6-11/h2-6H,1H3,(H,18,19). The Morgan fingerprint density at radius 3 is 2.58 bits per heavy atom. The van der Waals surface area contributed by atoms with Gasteiger partial charge in [-0.05, 0) is 37.3 Å². The summed E-state index contributed by atoms with van der Waals surface area (Å²) in [6, 6.07) is 6.81. The summed E-state index contributed by atoms with van der Waals surface area (Å²) >= 11 is 11.5. The lowest BCUT2D eigenvalue weighted by Gasteiger charge is -2.07. The van der Waals surface area contributed by atoms with E-state index in [4.69, 9.17) is 23.2 Å². The number of hydrogen-bond acceptors (Lipinski definition) is 2. The first-order chi connectivity index (χ1) is 8.94. The molecular formula is C13H9Cl2FN2O. The highest BCUT2D eigenvalue weighted by atomic mass is 35.5. The maximum absolute atomic E-state index is 13.1. The molecule has 0 fully saturated rings. The van der Waals surface area contributed by atoms with E-state index in [-0.39, 0.29) is 15.9 Å². The fourth-order valence-corrected chi connectivity index (χ4v) is 2.06. The molecule has 0 aliphatic carbocycles. The Morgan fingerprint density at radius 2 is 1.95 bits per heavy atom. The minimum Gasteiger partial charge on any atom is -0.322 e. The molecule has 0 spiro atoms. The summed E-state index contributed by atoms with van der Waals surface area (Å²) < 4.78 is 13.1. The average Bonchev–Trinajstić information content (AvgIpc) is 2.25. The van der Waals surface area contributed by atoms with E-state index < -0.39 is 11.7 Å². The average molecular weight is 299 g/mol. The van der Waals surface area contributed by atoms with E-state index in [0.29, 0.717) is 11.3 Å². The van der Waals surface area contributed by atoms with Gasteiger partial charge in [0.25, 0.3) is 5.91 Å². The van der Waals surface area contributed by atoms with Crippen molar-refractivity contribution in [2.75, 3.05) is 5.32 Å². The lowest BCUT2D eigenvalue weighted by atomic mass is 10.2. The number of nitrogens with one attached hydrogen (secondary N) is 1. The van der Waals surface area contributed by atoms with Crippen LogP contribution in [-0.4, -0.2) is 10.9 Å². The highest BCUT2D eigenvalue weighted by molar-refractivity contribution is 6.31. The van der Waals surface area contributed by atoms with Gasteiger partial charge in [0.1, 0.15) is 11.0 Å². The van der Waals surface area contributed by atoms with E-state index in [0.717, 1.165) is 6.07 Å². The van der Waals surface area contributed by atoms with Crippen molar-refractivity contribution >= 4 is 34.8 Å². The van der Waals surface area contributed by atoms with Gasteiger partial charge in [-0.2, -0.15) is 0 Å². The molecule has 6 heteroatoms. The number of aryl methyl sites for hydroxylation is 1. The van der Waals surface area contributed by atoms with Crippen molar-refractivity contribution in [2.24, 2.45) is 0 Å². The zero-order chi connectivity index (χ0) is 14.0. The van der Waals surface area contributed by atoms with E-state index in [2.05, 4.69) is 10.3 Å². The number of pyridine rings is 1. The summed E-state index contributed by atoms with van der Waals surface area (Å²) in [5.41, 5.74) is 1.24. The number of halogens is 3. The summed E-state index contributed by atoms with van der Waals surface area (Å²) in [5.74, 6) is -0.930. The van der Waals surface area contributed by atoms with Crippen LogP contribution in [0.1, 0.15) is 16.1 Å². The molecule has 1 aromatic carbocycles. The van der Waals surface area contributed by atoms with E-state index in [1.165, 1.54) is 18.2 Å². The Bertz CT molecular complexity index is 606. The molecule has 3 nitrogen and oxygen atoms in total. The Kier molecular flexibility index (Phi) is 4.02. The van der Waals surface area contributed by atoms with Crippen LogP contribution in [0.15, 0.2) is 30.3 Å². The summed E-state index contributed by atoms with van der Waals surface area (Å²) in [7, 11) is 0. The number of nitrogens with zero attached hydrogens (tertiary/aromatic N) is 1. The van der Waals surface area contributed by atoms with Gasteiger partial charge in [0.2, 0.25) is 0 Å². The zero-order valence-electron chi connectivity index (χ0n) is 9.88. The third kappa shape index (κ3) is 3.66. The molecule has 0 saturated carbocycles. The van der Waals surface area contributed by atoms with Crippen LogP contribution in [0.25, 0.3) is 0 Å². The Balaban J connectivity index is 2.25. The van der Waals surface area contributed by atoms with Crippen LogP contribution in [0.5, 0.6) is 0 Å². The number of anilines is 1. The predicted octanol–water partition coefficient (Wildman–Crippen LogP) is 4.09. The molecule has 0 saturated heterocycles. The molecule has 19 heavy (non-hydrogen) atoms. The van der Waals surface area contributed by atoms with Crippen molar-refractivity contribution < 1.29 is 9.18 Å². The van der Waals surface area contributed by atoms with Gasteiger partial charge < -0.3 is 5.32 Å². The molecule has 2 aromatic rings. The Hall–Kier alpha value is -1.65. The largest absolute Gasteiger partial charge is 0.322 e. The number of amides is 1. The number of rotatable bonds is 2. The van der Waals surface area contributed by atoms with Crippen LogP contribution >= 0.6 is 23.2 Å². The summed E-state index contributed by atoms with van der Waals surface area (Å²) in [6.45, 7) is 1.72. The van der Waals surface area contributed by atoms with Gasteiger partial charge in [-0.1, -0.05) is 23.2 Å². The van der Waals surface area contributed by atoms with Gasteiger partial charge in [-0.25, -0.2) is 9.37 Å². The van der Waals surface area contributed by atoms with Crippen molar-refractivity contribution in [1.29, 1.82) is 0 Å². The molecule has 1 amide bonds. The summed E-state index contributed by atoms with van der Waals surface area (Å²) in [4.78, 5) is 15.9. The third-order valence-electron chi connectivity index (χ3n) is 2.30. The van der Waals surface area contributed by atoms with Gasteiger partial charge >= 0.3 is 0 Å². The van der Waals surface area contributed by atoms with Crippen LogP contribution in [0.3, 0.4) is 0 Å². The molecular weight excluding hydrogens is 290 g/mol. The molecule has 0 aliphatic rings. The number of aromatic nitrogens is 1. The number of carbonyl (C=O) groups excluding carboxylic acids is 1. The van der Waals surface area contributed by atoms with Gasteiger partial charge in [0.15, 0.2) is 0 Å². The number of hydrogen-bond donors (Lipinski definition) is 1. The van der Waals surface area contributed by atoms with Gasteiger partial charge in [0.05, 0.1) is 0 Å². The topological polar surface area (TPSA) is 42.0 Å². The van der Waals surface area contributed by atoms with E-state index in [1.54, 1.807) is 13.0 Å². The van der Waals surface area contributed by atoms with Crippen LogP contribution in [0.2, 0.25) is 10.2 Å². The molecule has 0 bridgehead atoms. The first-order valence-corrected chi connectivity index (χ1v) is 6.11. The van der Waals surface area contributed by atoms with Crippen LogP contribution in [0.4, 0.5) is 10.1 Å². The minimum atomic E-state index is -0.522. The molecule has 1 N–H and O–H groups in total. The van der Waals surface area contributed by atoms with Crippen molar-refractivity contribution in [3.63, 3.8) is 0 Å². The van der Waals surface area contributed by atoms with Crippen LogP contribution < -0.4 is 5.32 Å². The van der Waals surface area contributed by atoms with Crippen molar-refractivity contribution in [2.45, 2.75) is 6.92 Å². The summed E-state index contributed by atoms with van der Waals surface area (Å²) in [5, 5.41) is 2.98. The van der Waals surface area contributed by atoms with E-state index >= 15 is 0 Å². The fourth-order valence-electron chi connectivity index (χ4n) is 1.59. The second-order valence-electron chi connectivity index (χ2n) is 3.93. The van der Waals surface area contributed by atoms with Gasteiger partial charge in [-0.15, -0.1) is 0 Å². The molecule has 0 radical (unpaired) electrons.